The number of benzene rings is 3. The zero-order valence-electron chi connectivity index (χ0n) is 14.6. The van der Waals surface area contributed by atoms with Gasteiger partial charge in [-0.25, -0.2) is 0 Å². The maximum absolute atomic E-state index is 6.21. The second-order valence-corrected chi connectivity index (χ2v) is 7.07. The number of ether oxygens (including phenoxy) is 1. The van der Waals surface area contributed by atoms with Crippen LogP contribution in [-0.4, -0.2) is 0 Å². The zero-order chi connectivity index (χ0) is 18.4. The van der Waals surface area contributed by atoms with Gasteiger partial charge in [-0.2, -0.15) is 0 Å². The van der Waals surface area contributed by atoms with E-state index in [1.165, 1.54) is 5.56 Å². The number of aryl methyl sites for hydroxylation is 1. The second kappa shape index (κ2) is 9.09. The molecule has 2 nitrogen and oxygen atoms in total. The number of halogens is 2. The Morgan fingerprint density at radius 2 is 1.65 bits per heavy atom. The largest absolute Gasteiger partial charge is 0.489 e. The average Bonchev–Trinajstić information content (AvgIpc) is 2.63. The Hall–Kier alpha value is -2.00. The maximum Gasteiger partial charge on any atom is 0.124 e. The van der Waals surface area contributed by atoms with E-state index in [2.05, 4.69) is 30.4 Å². The van der Waals surface area contributed by atoms with Crippen molar-refractivity contribution in [2.75, 3.05) is 0 Å². The molecule has 0 bridgehead atoms. The summed E-state index contributed by atoms with van der Waals surface area (Å²) in [5.74, 6) is 0.836. The van der Waals surface area contributed by atoms with Gasteiger partial charge in [0.25, 0.3) is 0 Å². The molecule has 0 aliphatic carbocycles. The minimum absolute atomic E-state index is 0.529. The van der Waals surface area contributed by atoms with Gasteiger partial charge in [0.05, 0.1) is 0 Å². The molecule has 3 aromatic carbocycles. The molecule has 134 valence electrons. The first-order valence-corrected chi connectivity index (χ1v) is 9.28. The van der Waals surface area contributed by atoms with Gasteiger partial charge in [-0.15, -0.1) is 0 Å². The van der Waals surface area contributed by atoms with Crippen LogP contribution < -0.4 is 10.1 Å². The Balaban J connectivity index is 1.65. The van der Waals surface area contributed by atoms with Gasteiger partial charge >= 0.3 is 0 Å². The minimum atomic E-state index is 0.529. The second-order valence-electron chi connectivity index (χ2n) is 6.22. The molecule has 0 amide bonds. The first kappa shape index (κ1) is 18.8. The quantitative estimate of drug-likeness (QED) is 0.524. The smallest absolute Gasteiger partial charge is 0.124 e. The predicted molar refractivity (Wildman–Crippen MR) is 109 cm³/mol. The summed E-state index contributed by atoms with van der Waals surface area (Å²) in [6.07, 6.45) is 0. The van der Waals surface area contributed by atoms with Crippen LogP contribution in [0, 0.1) is 6.92 Å². The van der Waals surface area contributed by atoms with E-state index in [0.29, 0.717) is 24.7 Å². The first-order chi connectivity index (χ1) is 12.6. The van der Waals surface area contributed by atoms with Crippen LogP contribution >= 0.6 is 23.2 Å². The maximum atomic E-state index is 6.21. The molecule has 0 atom stereocenters. The summed E-state index contributed by atoms with van der Waals surface area (Å²) in [7, 11) is 0. The van der Waals surface area contributed by atoms with Gasteiger partial charge in [0.2, 0.25) is 0 Å². The van der Waals surface area contributed by atoms with Crippen molar-refractivity contribution in [3.8, 4) is 5.75 Å². The van der Waals surface area contributed by atoms with Crippen LogP contribution in [-0.2, 0) is 19.7 Å². The normalized spacial score (nSPS) is 10.7. The Labute approximate surface area is 164 Å². The van der Waals surface area contributed by atoms with Crippen LogP contribution in [0.25, 0.3) is 0 Å². The molecule has 1 N–H and O–H groups in total. The van der Waals surface area contributed by atoms with E-state index < -0.39 is 0 Å². The van der Waals surface area contributed by atoms with E-state index in [9.17, 15) is 0 Å². The predicted octanol–water partition coefficient (Wildman–Crippen LogP) is 6.17. The van der Waals surface area contributed by atoms with Gasteiger partial charge in [-0.1, -0.05) is 71.2 Å². The Morgan fingerprint density at radius 3 is 2.46 bits per heavy atom. The fourth-order valence-corrected chi connectivity index (χ4v) is 3.16. The topological polar surface area (TPSA) is 21.3 Å². The molecule has 0 unspecified atom stereocenters. The molecule has 0 aliphatic heterocycles. The third kappa shape index (κ3) is 5.25. The number of hydrogen-bond donors (Lipinski definition) is 1. The van der Waals surface area contributed by atoms with Crippen molar-refractivity contribution < 1.29 is 4.74 Å². The van der Waals surface area contributed by atoms with E-state index in [4.69, 9.17) is 27.9 Å². The third-order valence-electron chi connectivity index (χ3n) is 4.09. The standard InChI is InChI=1S/C22H21Cl2NO/c1-16-5-4-6-17(11-16)15-26-22-10-9-20(23)12-19(22)14-25-13-18-7-2-3-8-21(18)24/h2-12,25H,13-15H2,1H3. The molecule has 3 rings (SSSR count). The highest BCUT2D eigenvalue weighted by molar-refractivity contribution is 6.31. The SMILES string of the molecule is Cc1cccc(COc2ccc(Cl)cc2CNCc2ccccc2Cl)c1. The lowest BCUT2D eigenvalue weighted by Crippen LogP contribution is -2.14. The van der Waals surface area contributed by atoms with Gasteiger partial charge in [0, 0.05) is 28.7 Å². The lowest BCUT2D eigenvalue weighted by molar-refractivity contribution is 0.302. The highest BCUT2D eigenvalue weighted by Gasteiger charge is 2.07. The Morgan fingerprint density at radius 1 is 0.846 bits per heavy atom. The molecule has 0 aliphatic rings. The molecular formula is C22H21Cl2NO. The van der Waals surface area contributed by atoms with Gasteiger partial charge < -0.3 is 10.1 Å². The van der Waals surface area contributed by atoms with Crippen molar-refractivity contribution in [2.24, 2.45) is 0 Å². The van der Waals surface area contributed by atoms with E-state index in [1.54, 1.807) is 0 Å². The molecule has 0 saturated carbocycles. The van der Waals surface area contributed by atoms with E-state index in [-0.39, 0.29) is 0 Å². The molecule has 0 saturated heterocycles. The highest BCUT2D eigenvalue weighted by Crippen LogP contribution is 2.24. The van der Waals surface area contributed by atoms with Gasteiger partial charge in [-0.3, -0.25) is 0 Å². The van der Waals surface area contributed by atoms with Crippen LogP contribution in [0.5, 0.6) is 5.75 Å². The summed E-state index contributed by atoms with van der Waals surface area (Å²) < 4.78 is 6.03. The molecular weight excluding hydrogens is 365 g/mol. The van der Waals surface area contributed by atoms with E-state index in [0.717, 1.165) is 27.5 Å². The molecule has 0 heterocycles. The van der Waals surface area contributed by atoms with Gasteiger partial charge in [0.1, 0.15) is 12.4 Å². The summed E-state index contributed by atoms with van der Waals surface area (Å²) >= 11 is 12.4. The number of hydrogen-bond acceptors (Lipinski definition) is 2. The molecule has 4 heteroatoms. The monoisotopic (exact) mass is 385 g/mol. The van der Waals surface area contributed by atoms with Crippen molar-refractivity contribution >= 4 is 23.2 Å². The fourth-order valence-electron chi connectivity index (χ4n) is 2.76. The molecule has 0 spiro atoms. The fraction of sp³-hybridized carbons (Fsp3) is 0.182. The lowest BCUT2D eigenvalue weighted by atomic mass is 10.1. The van der Waals surface area contributed by atoms with Crippen molar-refractivity contribution in [3.63, 3.8) is 0 Å². The van der Waals surface area contributed by atoms with Crippen molar-refractivity contribution in [1.29, 1.82) is 0 Å². The molecule has 3 aromatic rings. The van der Waals surface area contributed by atoms with E-state index in [1.807, 2.05) is 48.5 Å². The van der Waals surface area contributed by atoms with Crippen molar-refractivity contribution in [3.05, 3.63) is 99.0 Å². The summed E-state index contributed by atoms with van der Waals surface area (Å²) in [5, 5.41) is 4.87. The Kier molecular flexibility index (Phi) is 6.56. The minimum Gasteiger partial charge on any atom is -0.489 e. The van der Waals surface area contributed by atoms with Gasteiger partial charge in [-0.05, 0) is 42.3 Å². The summed E-state index contributed by atoms with van der Waals surface area (Å²) in [4.78, 5) is 0. The molecule has 0 aromatic heterocycles. The Bertz CT molecular complexity index is 880. The van der Waals surface area contributed by atoms with Crippen LogP contribution in [0.1, 0.15) is 22.3 Å². The number of nitrogens with one attached hydrogen (secondary N) is 1. The van der Waals surface area contributed by atoms with Gasteiger partial charge in [0.15, 0.2) is 0 Å². The highest BCUT2D eigenvalue weighted by atomic mass is 35.5. The van der Waals surface area contributed by atoms with Crippen LogP contribution in [0.3, 0.4) is 0 Å². The van der Waals surface area contributed by atoms with Crippen molar-refractivity contribution in [2.45, 2.75) is 26.6 Å². The zero-order valence-corrected chi connectivity index (χ0v) is 16.1. The van der Waals surface area contributed by atoms with Crippen LogP contribution in [0.2, 0.25) is 10.0 Å². The van der Waals surface area contributed by atoms with Crippen LogP contribution in [0.15, 0.2) is 66.7 Å². The molecule has 0 radical (unpaired) electrons. The molecule has 0 fully saturated rings. The average molecular weight is 386 g/mol. The van der Waals surface area contributed by atoms with Crippen LogP contribution in [0.4, 0.5) is 0 Å². The summed E-state index contributed by atoms with van der Waals surface area (Å²) in [5.41, 5.74) is 4.47. The third-order valence-corrected chi connectivity index (χ3v) is 4.69. The van der Waals surface area contributed by atoms with E-state index >= 15 is 0 Å². The summed E-state index contributed by atoms with van der Waals surface area (Å²) in [6.45, 7) is 3.94. The van der Waals surface area contributed by atoms with Crippen molar-refractivity contribution in [1.82, 2.24) is 5.32 Å². The lowest BCUT2D eigenvalue weighted by Gasteiger charge is -2.13. The number of rotatable bonds is 7. The summed E-state index contributed by atoms with van der Waals surface area (Å²) in [6, 6.07) is 21.9. The first-order valence-electron chi connectivity index (χ1n) is 8.53. The molecule has 26 heavy (non-hydrogen) atoms.